The summed E-state index contributed by atoms with van der Waals surface area (Å²) in [6.07, 6.45) is 2.71. The highest BCUT2D eigenvalue weighted by molar-refractivity contribution is 6.03. The molecule has 3 aromatic carbocycles. The Balaban J connectivity index is 1.53. The summed E-state index contributed by atoms with van der Waals surface area (Å²) >= 11 is 0. The molecule has 0 aliphatic rings. The molecule has 3 N–H and O–H groups in total. The lowest BCUT2D eigenvalue weighted by Crippen LogP contribution is -2.32. The minimum absolute atomic E-state index is 0.00390. The van der Waals surface area contributed by atoms with Crippen molar-refractivity contribution in [1.29, 1.82) is 5.26 Å². The number of carbonyl (C=O) groups is 2. The van der Waals surface area contributed by atoms with Gasteiger partial charge >= 0.3 is 0 Å². The quantitative estimate of drug-likeness (QED) is 0.213. The molecule has 0 atom stereocenters. The van der Waals surface area contributed by atoms with Gasteiger partial charge in [0.25, 0.3) is 5.91 Å². The molecular weight excluding hydrogens is 502 g/mol. The largest absolute Gasteiger partial charge is 0.457 e. The van der Waals surface area contributed by atoms with Gasteiger partial charge in [0.1, 0.15) is 17.6 Å². The molecular formula is C32H31N5O3. The number of nitrogens with one attached hydrogen (secondary N) is 3. The molecule has 0 bridgehead atoms. The van der Waals surface area contributed by atoms with Gasteiger partial charge in [-0.1, -0.05) is 27.4 Å². The van der Waals surface area contributed by atoms with E-state index in [0.29, 0.717) is 51.4 Å². The van der Waals surface area contributed by atoms with E-state index in [-0.39, 0.29) is 17.2 Å². The van der Waals surface area contributed by atoms with E-state index in [2.05, 4.69) is 54.4 Å². The fraction of sp³-hybridized carbons (Fsp3) is 0.188. The van der Waals surface area contributed by atoms with E-state index in [9.17, 15) is 14.9 Å². The van der Waals surface area contributed by atoms with Crippen LogP contribution in [0.4, 0.5) is 17.1 Å². The van der Waals surface area contributed by atoms with Crippen molar-refractivity contribution in [2.75, 3.05) is 17.2 Å². The third-order valence-electron chi connectivity index (χ3n) is 6.01. The van der Waals surface area contributed by atoms with Crippen LogP contribution in [0.2, 0.25) is 0 Å². The smallest absolute Gasteiger partial charge is 0.251 e. The molecule has 2 amide bonds. The molecule has 8 heteroatoms. The van der Waals surface area contributed by atoms with Crippen LogP contribution in [0.5, 0.6) is 11.5 Å². The van der Waals surface area contributed by atoms with Crippen molar-refractivity contribution in [2.45, 2.75) is 27.7 Å². The van der Waals surface area contributed by atoms with Gasteiger partial charge in [-0.15, -0.1) is 0 Å². The summed E-state index contributed by atoms with van der Waals surface area (Å²) in [4.78, 5) is 28.6. The molecule has 0 spiro atoms. The van der Waals surface area contributed by atoms with Crippen LogP contribution in [0.3, 0.4) is 0 Å². The zero-order chi connectivity index (χ0) is 28.9. The number of pyridine rings is 1. The van der Waals surface area contributed by atoms with Crippen LogP contribution < -0.4 is 20.7 Å². The molecule has 0 saturated heterocycles. The molecule has 0 fully saturated rings. The van der Waals surface area contributed by atoms with Crippen molar-refractivity contribution in [3.05, 3.63) is 96.2 Å². The molecule has 0 saturated carbocycles. The number of hydrogen-bond acceptors (Lipinski definition) is 6. The van der Waals surface area contributed by atoms with Crippen molar-refractivity contribution >= 4 is 39.8 Å². The first-order chi connectivity index (χ1) is 19.1. The Morgan fingerprint density at radius 1 is 1.05 bits per heavy atom. The number of aryl methyl sites for hydroxylation is 1. The lowest BCUT2D eigenvalue weighted by atomic mass is 9.97. The second kappa shape index (κ2) is 11.7. The second-order valence-corrected chi connectivity index (χ2v) is 10.6. The van der Waals surface area contributed by atoms with Crippen molar-refractivity contribution in [1.82, 2.24) is 10.3 Å². The number of amides is 2. The van der Waals surface area contributed by atoms with Gasteiger partial charge in [-0.25, -0.2) is 0 Å². The number of carbonyl (C=O) groups excluding carboxylic acids is 2. The third-order valence-corrected chi connectivity index (χ3v) is 6.01. The summed E-state index contributed by atoms with van der Waals surface area (Å²) in [6.45, 7) is 12.2. The number of aromatic nitrogens is 1. The van der Waals surface area contributed by atoms with E-state index in [1.54, 1.807) is 42.5 Å². The number of anilines is 3. The molecule has 202 valence electrons. The minimum atomic E-state index is -0.331. The zero-order valence-corrected chi connectivity index (χ0v) is 23.0. The van der Waals surface area contributed by atoms with Gasteiger partial charge in [0.05, 0.1) is 16.8 Å². The number of benzene rings is 3. The fourth-order valence-electron chi connectivity index (χ4n) is 3.92. The average Bonchev–Trinajstić information content (AvgIpc) is 2.93. The molecule has 0 radical (unpaired) electrons. The number of ether oxygens (including phenoxy) is 1. The first kappa shape index (κ1) is 27.9. The Bertz CT molecular complexity index is 1630. The van der Waals surface area contributed by atoms with E-state index < -0.39 is 0 Å². The second-order valence-electron chi connectivity index (χ2n) is 10.6. The standard InChI is InChI=1S/C32H31N5O3/c1-6-29(38)36-24-9-13-27-26(16-24)30(22(17-33)18-34-27)37-23-10-14-28(20(2)15-23)40-25-11-7-21(8-12-25)31(39)35-19-32(3,4)5/h6-16,18H,1,19H2,2-5H3,(H,34,37)(H,35,39)(H,36,38). The van der Waals surface area contributed by atoms with Crippen LogP contribution in [0.25, 0.3) is 10.9 Å². The summed E-state index contributed by atoms with van der Waals surface area (Å²) in [5.74, 6) is 0.814. The molecule has 1 aromatic heterocycles. The summed E-state index contributed by atoms with van der Waals surface area (Å²) in [5, 5.41) is 19.4. The molecule has 0 aliphatic carbocycles. The van der Waals surface area contributed by atoms with Gasteiger partial charge in [0.2, 0.25) is 5.91 Å². The Kier molecular flexibility index (Phi) is 8.15. The molecule has 4 rings (SSSR count). The van der Waals surface area contributed by atoms with Crippen molar-refractivity contribution in [2.24, 2.45) is 5.41 Å². The zero-order valence-electron chi connectivity index (χ0n) is 23.0. The predicted molar refractivity (Wildman–Crippen MR) is 158 cm³/mol. The number of nitriles is 1. The Hall–Kier alpha value is -5.16. The summed E-state index contributed by atoms with van der Waals surface area (Å²) < 4.78 is 6.07. The Labute approximate surface area is 233 Å². The monoisotopic (exact) mass is 533 g/mol. The van der Waals surface area contributed by atoms with Gasteiger partial charge < -0.3 is 20.7 Å². The topological polar surface area (TPSA) is 116 Å². The molecule has 0 aliphatic heterocycles. The van der Waals surface area contributed by atoms with Crippen LogP contribution in [-0.2, 0) is 4.79 Å². The number of rotatable bonds is 8. The van der Waals surface area contributed by atoms with Gasteiger partial charge in [-0.2, -0.15) is 5.26 Å². The highest BCUT2D eigenvalue weighted by Gasteiger charge is 2.14. The van der Waals surface area contributed by atoms with Crippen LogP contribution >= 0.6 is 0 Å². The van der Waals surface area contributed by atoms with E-state index in [1.165, 1.54) is 12.3 Å². The maximum Gasteiger partial charge on any atom is 0.251 e. The van der Waals surface area contributed by atoms with E-state index >= 15 is 0 Å². The molecule has 0 unspecified atom stereocenters. The average molecular weight is 534 g/mol. The Morgan fingerprint density at radius 2 is 1.77 bits per heavy atom. The van der Waals surface area contributed by atoms with E-state index in [0.717, 1.165) is 11.3 Å². The SMILES string of the molecule is C=CC(=O)Nc1ccc2ncc(C#N)c(Nc3ccc(Oc4ccc(C(=O)NCC(C)(C)C)cc4)c(C)c3)c2c1. The van der Waals surface area contributed by atoms with Crippen molar-refractivity contribution < 1.29 is 14.3 Å². The van der Waals surface area contributed by atoms with Crippen molar-refractivity contribution in [3.63, 3.8) is 0 Å². The molecule has 8 nitrogen and oxygen atoms in total. The summed E-state index contributed by atoms with van der Waals surface area (Å²) in [6, 6.07) is 20.1. The summed E-state index contributed by atoms with van der Waals surface area (Å²) in [5.41, 5.74) is 4.37. The van der Waals surface area contributed by atoms with Crippen molar-refractivity contribution in [3.8, 4) is 17.6 Å². The third kappa shape index (κ3) is 6.83. The van der Waals surface area contributed by atoms with Crippen LogP contribution in [0.15, 0.2) is 79.5 Å². The van der Waals surface area contributed by atoms with Gasteiger partial charge in [0, 0.05) is 35.1 Å². The number of nitrogens with zero attached hydrogens (tertiary/aromatic N) is 2. The lowest BCUT2D eigenvalue weighted by Gasteiger charge is -2.18. The van der Waals surface area contributed by atoms with Gasteiger partial charge in [-0.3, -0.25) is 14.6 Å². The number of fused-ring (bicyclic) bond motifs is 1. The molecule has 1 heterocycles. The van der Waals surface area contributed by atoms with Gasteiger partial charge in [-0.05, 0) is 84.6 Å². The normalized spacial score (nSPS) is 10.9. The van der Waals surface area contributed by atoms with Crippen LogP contribution in [0, 0.1) is 23.7 Å². The fourth-order valence-corrected chi connectivity index (χ4v) is 3.92. The molecule has 40 heavy (non-hydrogen) atoms. The lowest BCUT2D eigenvalue weighted by molar-refractivity contribution is -0.111. The first-order valence-electron chi connectivity index (χ1n) is 12.8. The summed E-state index contributed by atoms with van der Waals surface area (Å²) in [7, 11) is 0. The maximum atomic E-state index is 12.4. The Morgan fingerprint density at radius 3 is 2.42 bits per heavy atom. The van der Waals surface area contributed by atoms with Crippen LogP contribution in [0.1, 0.15) is 42.3 Å². The van der Waals surface area contributed by atoms with Gasteiger partial charge in [0.15, 0.2) is 0 Å². The van der Waals surface area contributed by atoms with Crippen LogP contribution in [-0.4, -0.2) is 23.3 Å². The maximum absolute atomic E-state index is 12.4. The minimum Gasteiger partial charge on any atom is -0.457 e. The highest BCUT2D eigenvalue weighted by Crippen LogP contribution is 2.33. The first-order valence-corrected chi connectivity index (χ1v) is 12.8. The highest BCUT2D eigenvalue weighted by atomic mass is 16.5. The van der Waals surface area contributed by atoms with E-state index in [1.807, 2.05) is 25.1 Å². The molecule has 4 aromatic rings. The predicted octanol–water partition coefficient (Wildman–Crippen LogP) is 6.85. The number of hydrogen-bond donors (Lipinski definition) is 3. The van der Waals surface area contributed by atoms with E-state index in [4.69, 9.17) is 4.74 Å².